The summed E-state index contributed by atoms with van der Waals surface area (Å²) in [5.41, 5.74) is 4.24. The number of carbonyl (C=O) groups is 1. The van der Waals surface area contributed by atoms with Crippen molar-refractivity contribution in [1.29, 1.82) is 0 Å². The predicted octanol–water partition coefficient (Wildman–Crippen LogP) is 2.50. The second kappa shape index (κ2) is 5.96. The fraction of sp³-hybridized carbons (Fsp3) is 0.235. The molecule has 1 amide bonds. The van der Waals surface area contributed by atoms with Gasteiger partial charge in [-0.1, -0.05) is 28.9 Å². The smallest absolute Gasteiger partial charge is 0.265 e. The van der Waals surface area contributed by atoms with Gasteiger partial charge in [0.05, 0.1) is 28.6 Å². The number of amides is 1. The minimum atomic E-state index is -3.70. The Kier molecular flexibility index (Phi) is 4.08. The largest absolute Gasteiger partial charge is 0.335 e. The van der Waals surface area contributed by atoms with Crippen molar-refractivity contribution < 1.29 is 17.7 Å². The molecule has 3 rings (SSSR count). The van der Waals surface area contributed by atoms with E-state index in [4.69, 9.17) is 4.52 Å². The Hall–Kier alpha value is -2.74. The second-order valence-electron chi connectivity index (χ2n) is 6.02. The van der Waals surface area contributed by atoms with E-state index >= 15 is 0 Å². The number of carbonyl (C=O) groups excluding carboxylic acids is 1. The van der Waals surface area contributed by atoms with E-state index in [0.717, 1.165) is 22.9 Å². The number of nitrogens with one attached hydrogen (secondary N) is 1. The average molecular weight is 359 g/mol. The molecule has 0 aliphatic rings. The van der Waals surface area contributed by atoms with Gasteiger partial charge in [-0.05, 0) is 32.4 Å². The van der Waals surface area contributed by atoms with E-state index in [0.29, 0.717) is 16.8 Å². The average Bonchev–Trinajstić information content (AvgIpc) is 2.86. The van der Waals surface area contributed by atoms with Gasteiger partial charge in [0.25, 0.3) is 11.6 Å². The van der Waals surface area contributed by atoms with Crippen LogP contribution in [-0.4, -0.2) is 30.7 Å². The monoisotopic (exact) mass is 359 g/mol. The van der Waals surface area contributed by atoms with Gasteiger partial charge in [-0.15, -0.1) is 0 Å². The summed E-state index contributed by atoms with van der Waals surface area (Å²) in [4.78, 5) is 16.9. The number of hydrogen-bond donors (Lipinski definition) is 1. The highest BCUT2D eigenvalue weighted by atomic mass is 32.2. The van der Waals surface area contributed by atoms with Crippen molar-refractivity contribution in [1.82, 2.24) is 14.9 Å². The van der Waals surface area contributed by atoms with Crippen LogP contribution < -0.4 is 4.72 Å². The summed E-state index contributed by atoms with van der Waals surface area (Å²) >= 11 is 0. The number of aromatic nitrogens is 2. The van der Waals surface area contributed by atoms with Gasteiger partial charge in [0.15, 0.2) is 0 Å². The summed E-state index contributed by atoms with van der Waals surface area (Å²) in [5, 5.41) is 4.24. The van der Waals surface area contributed by atoms with Crippen LogP contribution in [0.25, 0.3) is 22.4 Å². The molecular formula is C17H17N3O4S. The van der Waals surface area contributed by atoms with E-state index in [1.54, 1.807) is 13.0 Å². The normalized spacial score (nSPS) is 11.7. The number of hydrogen-bond acceptors (Lipinski definition) is 6. The van der Waals surface area contributed by atoms with Crippen molar-refractivity contribution in [3.8, 4) is 11.3 Å². The summed E-state index contributed by atoms with van der Waals surface area (Å²) in [6, 6.07) is 7.41. The van der Waals surface area contributed by atoms with Gasteiger partial charge in [0.2, 0.25) is 10.0 Å². The molecule has 0 fully saturated rings. The first-order valence-corrected chi connectivity index (χ1v) is 9.41. The quantitative estimate of drug-likeness (QED) is 0.771. The van der Waals surface area contributed by atoms with E-state index in [2.05, 4.69) is 10.1 Å². The summed E-state index contributed by atoms with van der Waals surface area (Å²) in [5.74, 6) is -0.743. The predicted molar refractivity (Wildman–Crippen MR) is 93.8 cm³/mol. The molecule has 0 radical (unpaired) electrons. The van der Waals surface area contributed by atoms with Crippen LogP contribution in [0.1, 0.15) is 27.2 Å². The zero-order valence-corrected chi connectivity index (χ0v) is 15.1. The number of nitrogens with zero attached hydrogens (tertiary/aromatic N) is 2. The lowest BCUT2D eigenvalue weighted by Crippen LogP contribution is -2.29. The van der Waals surface area contributed by atoms with Crippen LogP contribution in [0, 0.1) is 20.8 Å². The minimum absolute atomic E-state index is 0.157. The molecule has 1 aromatic carbocycles. The van der Waals surface area contributed by atoms with E-state index in [-0.39, 0.29) is 11.3 Å². The highest BCUT2D eigenvalue weighted by Gasteiger charge is 2.21. The lowest BCUT2D eigenvalue weighted by atomic mass is 10.00. The molecule has 0 aliphatic heterocycles. The maximum absolute atomic E-state index is 12.5. The van der Waals surface area contributed by atoms with Gasteiger partial charge >= 0.3 is 0 Å². The molecule has 130 valence electrons. The Morgan fingerprint density at radius 2 is 1.88 bits per heavy atom. The standard InChI is InChI=1S/C17H17N3O4S/c1-9-5-6-12(10(2)7-9)14-8-13(16(21)20-25(4,22)23)15-11(3)19-24-17(15)18-14/h5-8H,1-4H3,(H,20,21). The molecule has 0 unspecified atom stereocenters. The van der Waals surface area contributed by atoms with Gasteiger partial charge < -0.3 is 4.52 Å². The Bertz CT molecular complexity index is 1100. The third kappa shape index (κ3) is 3.39. The number of benzene rings is 1. The first kappa shape index (κ1) is 17.1. The molecule has 3 aromatic rings. The fourth-order valence-corrected chi connectivity index (χ4v) is 3.18. The number of rotatable bonds is 3. The van der Waals surface area contributed by atoms with Crippen molar-refractivity contribution in [3.63, 3.8) is 0 Å². The molecule has 0 saturated heterocycles. The lowest BCUT2D eigenvalue weighted by Gasteiger charge is -2.09. The van der Waals surface area contributed by atoms with Crippen molar-refractivity contribution in [3.05, 3.63) is 46.6 Å². The molecule has 1 N–H and O–H groups in total. The van der Waals surface area contributed by atoms with Crippen LogP contribution in [-0.2, 0) is 10.0 Å². The van der Waals surface area contributed by atoms with Crippen molar-refractivity contribution in [2.75, 3.05) is 6.26 Å². The number of aryl methyl sites for hydroxylation is 3. The molecular weight excluding hydrogens is 342 g/mol. The summed E-state index contributed by atoms with van der Waals surface area (Å²) in [6.45, 7) is 5.59. The molecule has 8 heteroatoms. The maximum Gasteiger partial charge on any atom is 0.265 e. The minimum Gasteiger partial charge on any atom is -0.335 e. The van der Waals surface area contributed by atoms with Crippen LogP contribution in [0.2, 0.25) is 0 Å². The molecule has 2 heterocycles. The van der Waals surface area contributed by atoms with Crippen LogP contribution >= 0.6 is 0 Å². The van der Waals surface area contributed by atoms with Crippen LogP contribution in [0.15, 0.2) is 28.8 Å². The molecule has 7 nitrogen and oxygen atoms in total. The van der Waals surface area contributed by atoms with E-state index in [9.17, 15) is 13.2 Å². The topological polar surface area (TPSA) is 102 Å². The third-order valence-corrected chi connectivity index (χ3v) is 4.35. The second-order valence-corrected chi connectivity index (χ2v) is 7.77. The first-order valence-electron chi connectivity index (χ1n) is 7.52. The SMILES string of the molecule is Cc1ccc(-c2cc(C(=O)NS(C)(=O)=O)c3c(C)noc3n2)c(C)c1. The van der Waals surface area contributed by atoms with Gasteiger partial charge in [0.1, 0.15) is 0 Å². The maximum atomic E-state index is 12.5. The van der Waals surface area contributed by atoms with Gasteiger partial charge in [-0.25, -0.2) is 18.1 Å². The Balaban J connectivity index is 2.24. The van der Waals surface area contributed by atoms with Crippen molar-refractivity contribution >= 4 is 27.0 Å². The molecule has 0 atom stereocenters. The Labute approximate surface area is 145 Å². The highest BCUT2D eigenvalue weighted by Crippen LogP contribution is 2.29. The van der Waals surface area contributed by atoms with Crippen LogP contribution in [0.4, 0.5) is 0 Å². The van der Waals surface area contributed by atoms with Crippen LogP contribution in [0.3, 0.4) is 0 Å². The third-order valence-electron chi connectivity index (χ3n) is 3.80. The van der Waals surface area contributed by atoms with E-state index < -0.39 is 15.9 Å². The molecule has 0 bridgehead atoms. The lowest BCUT2D eigenvalue weighted by molar-refractivity contribution is 0.0983. The van der Waals surface area contributed by atoms with Gasteiger partial charge in [0, 0.05) is 5.56 Å². The molecule has 0 aliphatic carbocycles. The summed E-state index contributed by atoms with van der Waals surface area (Å²) < 4.78 is 30.1. The first-order chi connectivity index (χ1) is 11.7. The summed E-state index contributed by atoms with van der Waals surface area (Å²) in [7, 11) is -3.70. The molecule has 0 saturated carbocycles. The van der Waals surface area contributed by atoms with Gasteiger partial charge in [-0.3, -0.25) is 4.79 Å². The van der Waals surface area contributed by atoms with Gasteiger partial charge in [-0.2, -0.15) is 0 Å². The summed E-state index contributed by atoms with van der Waals surface area (Å²) in [6.07, 6.45) is 0.925. The van der Waals surface area contributed by atoms with E-state index in [1.165, 1.54) is 0 Å². The molecule has 2 aromatic heterocycles. The Morgan fingerprint density at radius 1 is 1.16 bits per heavy atom. The van der Waals surface area contributed by atoms with E-state index in [1.807, 2.05) is 36.8 Å². The zero-order chi connectivity index (χ0) is 18.4. The number of pyridine rings is 1. The number of fused-ring (bicyclic) bond motifs is 1. The Morgan fingerprint density at radius 3 is 2.52 bits per heavy atom. The van der Waals surface area contributed by atoms with Crippen molar-refractivity contribution in [2.24, 2.45) is 0 Å². The fourth-order valence-electron chi connectivity index (χ4n) is 2.74. The molecule has 25 heavy (non-hydrogen) atoms. The van der Waals surface area contributed by atoms with Crippen molar-refractivity contribution in [2.45, 2.75) is 20.8 Å². The zero-order valence-electron chi connectivity index (χ0n) is 14.2. The number of sulfonamides is 1. The molecule has 0 spiro atoms. The van der Waals surface area contributed by atoms with Crippen LogP contribution in [0.5, 0.6) is 0 Å². The highest BCUT2D eigenvalue weighted by molar-refractivity contribution is 7.89.